The minimum atomic E-state index is -1.31. The minimum absolute atomic E-state index is 0.125. The number of amides is 2. The van der Waals surface area contributed by atoms with Gasteiger partial charge in [0.1, 0.15) is 5.54 Å². The average molecular weight is 554 g/mol. The van der Waals surface area contributed by atoms with E-state index in [1.165, 1.54) is 6.07 Å². The van der Waals surface area contributed by atoms with E-state index in [1.54, 1.807) is 31.3 Å². The molecule has 4 aromatic rings. The first-order valence-electron chi connectivity index (χ1n) is 14.1. The van der Waals surface area contributed by atoms with Crippen LogP contribution in [0.5, 0.6) is 0 Å². The van der Waals surface area contributed by atoms with Crippen molar-refractivity contribution in [2.45, 2.75) is 62.8 Å². The van der Waals surface area contributed by atoms with Crippen LogP contribution in [0.1, 0.15) is 55.8 Å². The molecule has 41 heavy (non-hydrogen) atoms. The van der Waals surface area contributed by atoms with E-state index in [4.69, 9.17) is 0 Å². The molecule has 1 aliphatic rings. The van der Waals surface area contributed by atoms with Gasteiger partial charge in [0.05, 0.1) is 11.3 Å². The van der Waals surface area contributed by atoms with E-state index < -0.39 is 16.4 Å². The van der Waals surface area contributed by atoms with Gasteiger partial charge in [-0.25, -0.2) is 0 Å². The molecule has 1 atom stereocenters. The van der Waals surface area contributed by atoms with Crippen molar-refractivity contribution in [2.75, 3.05) is 6.54 Å². The number of pyridine rings is 1. The van der Waals surface area contributed by atoms with Crippen LogP contribution in [0.2, 0.25) is 0 Å². The highest BCUT2D eigenvalue weighted by Crippen LogP contribution is 2.38. The second-order valence-electron chi connectivity index (χ2n) is 11.2. The van der Waals surface area contributed by atoms with Crippen LogP contribution in [0.25, 0.3) is 10.9 Å². The predicted octanol–water partition coefficient (Wildman–Crippen LogP) is 5.15. The Hall–Kier alpha value is -4.53. The van der Waals surface area contributed by atoms with E-state index in [2.05, 4.69) is 20.6 Å². The van der Waals surface area contributed by atoms with Crippen molar-refractivity contribution in [2.24, 2.45) is 0 Å². The SMILES string of the molecule is C[C@@](Cc1c[nH]c2ccccc12)(NC(=O)Cc1ccccc1[N+](=O)[O-])C(=O)NCC1(c2ccccn2)CCCCC1. The molecule has 5 rings (SSSR count). The number of aromatic nitrogens is 2. The highest BCUT2D eigenvalue weighted by Gasteiger charge is 2.40. The number of rotatable bonds is 10. The first kappa shape index (κ1) is 28.0. The summed E-state index contributed by atoms with van der Waals surface area (Å²) in [7, 11) is 0. The van der Waals surface area contributed by atoms with Gasteiger partial charge in [-0.1, -0.05) is 61.7 Å². The zero-order valence-corrected chi connectivity index (χ0v) is 23.2. The molecular formula is C32H35N5O4. The molecule has 1 fully saturated rings. The Labute approximate surface area is 238 Å². The summed E-state index contributed by atoms with van der Waals surface area (Å²) in [5, 5.41) is 18.6. The fourth-order valence-corrected chi connectivity index (χ4v) is 6.08. The quantitative estimate of drug-likeness (QED) is 0.185. The van der Waals surface area contributed by atoms with Crippen LogP contribution < -0.4 is 10.6 Å². The van der Waals surface area contributed by atoms with Crippen molar-refractivity contribution >= 4 is 28.4 Å². The first-order chi connectivity index (χ1) is 19.8. The number of benzene rings is 2. The van der Waals surface area contributed by atoms with Crippen LogP contribution in [-0.4, -0.2) is 38.8 Å². The van der Waals surface area contributed by atoms with Gasteiger partial charge in [-0.3, -0.25) is 24.7 Å². The smallest absolute Gasteiger partial charge is 0.273 e. The minimum Gasteiger partial charge on any atom is -0.361 e. The van der Waals surface area contributed by atoms with Crippen molar-refractivity contribution in [3.8, 4) is 0 Å². The highest BCUT2D eigenvalue weighted by atomic mass is 16.6. The topological polar surface area (TPSA) is 130 Å². The van der Waals surface area contributed by atoms with Crippen molar-refractivity contribution < 1.29 is 14.5 Å². The molecule has 0 saturated heterocycles. The third-order valence-corrected chi connectivity index (χ3v) is 8.28. The number of nitro benzene ring substituents is 1. The molecule has 2 heterocycles. The Bertz CT molecular complexity index is 1540. The number of aromatic amines is 1. The molecule has 3 N–H and O–H groups in total. The fourth-order valence-electron chi connectivity index (χ4n) is 6.08. The molecule has 1 saturated carbocycles. The maximum Gasteiger partial charge on any atom is 0.273 e. The molecule has 0 spiro atoms. The fraction of sp³-hybridized carbons (Fsp3) is 0.344. The number of fused-ring (bicyclic) bond motifs is 1. The van der Waals surface area contributed by atoms with Crippen LogP contribution in [-0.2, 0) is 27.8 Å². The van der Waals surface area contributed by atoms with Crippen LogP contribution >= 0.6 is 0 Å². The summed E-state index contributed by atoms with van der Waals surface area (Å²) in [5.74, 6) is -0.770. The second-order valence-corrected chi connectivity index (χ2v) is 11.2. The number of hydrogen-bond donors (Lipinski definition) is 3. The normalized spacial score (nSPS) is 16.0. The van der Waals surface area contributed by atoms with Gasteiger partial charge >= 0.3 is 0 Å². The molecule has 212 valence electrons. The average Bonchev–Trinajstić information content (AvgIpc) is 3.39. The van der Waals surface area contributed by atoms with Gasteiger partial charge in [0, 0.05) is 59.0 Å². The summed E-state index contributed by atoms with van der Waals surface area (Å²) in [6.45, 7) is 2.13. The van der Waals surface area contributed by atoms with E-state index in [0.717, 1.165) is 54.3 Å². The lowest BCUT2D eigenvalue weighted by molar-refractivity contribution is -0.385. The number of carbonyl (C=O) groups excluding carboxylic acids is 2. The van der Waals surface area contributed by atoms with Crippen LogP contribution in [0.15, 0.2) is 79.1 Å². The van der Waals surface area contributed by atoms with Gasteiger partial charge in [0.2, 0.25) is 11.8 Å². The van der Waals surface area contributed by atoms with Crippen molar-refractivity contribution in [1.29, 1.82) is 0 Å². The van der Waals surface area contributed by atoms with Crippen LogP contribution in [0, 0.1) is 10.1 Å². The van der Waals surface area contributed by atoms with E-state index in [0.29, 0.717) is 12.1 Å². The number of para-hydroxylation sites is 2. The molecule has 9 nitrogen and oxygen atoms in total. The monoisotopic (exact) mass is 553 g/mol. The maximum absolute atomic E-state index is 14.0. The Morgan fingerprint density at radius 2 is 1.73 bits per heavy atom. The third kappa shape index (κ3) is 6.14. The maximum atomic E-state index is 14.0. The standard InChI is InChI=1S/C32H35N5O4/c1-31(20-24-21-34-26-13-5-4-12-25(24)26,36-29(38)19-23-11-3-6-14-27(23)37(40)41)30(39)35-22-32(16-8-2-9-17-32)28-15-7-10-18-33-28/h3-7,10-15,18,21,34H,2,8-9,16-17,19-20,22H2,1H3,(H,35,39)(H,36,38)/t31-/m0/s1. The zero-order chi connectivity index (χ0) is 28.9. The molecule has 2 amide bonds. The largest absolute Gasteiger partial charge is 0.361 e. The highest BCUT2D eigenvalue weighted by molar-refractivity contribution is 5.93. The van der Waals surface area contributed by atoms with E-state index >= 15 is 0 Å². The van der Waals surface area contributed by atoms with E-state index in [-0.39, 0.29) is 29.9 Å². The zero-order valence-electron chi connectivity index (χ0n) is 23.2. The van der Waals surface area contributed by atoms with Gasteiger partial charge in [0.25, 0.3) is 5.69 Å². The number of H-pyrrole nitrogens is 1. The lowest BCUT2D eigenvalue weighted by atomic mass is 9.71. The summed E-state index contributed by atoms with van der Waals surface area (Å²) in [4.78, 5) is 46.3. The van der Waals surface area contributed by atoms with Gasteiger partial charge in [-0.2, -0.15) is 0 Å². The molecule has 2 aromatic heterocycles. The van der Waals surface area contributed by atoms with E-state index in [9.17, 15) is 19.7 Å². The number of nitrogens with zero attached hydrogens (tertiary/aromatic N) is 2. The van der Waals surface area contributed by atoms with Crippen molar-refractivity contribution in [3.05, 3.63) is 106 Å². The van der Waals surface area contributed by atoms with E-state index in [1.807, 2.05) is 48.7 Å². The summed E-state index contributed by atoms with van der Waals surface area (Å²) in [6.07, 6.45) is 8.80. The Morgan fingerprint density at radius 3 is 2.49 bits per heavy atom. The summed E-state index contributed by atoms with van der Waals surface area (Å²) in [6, 6.07) is 19.9. The summed E-state index contributed by atoms with van der Waals surface area (Å²) >= 11 is 0. The van der Waals surface area contributed by atoms with Gasteiger partial charge in [-0.15, -0.1) is 0 Å². The number of hydrogen-bond acceptors (Lipinski definition) is 5. The summed E-state index contributed by atoms with van der Waals surface area (Å²) in [5.41, 5.74) is 1.38. The van der Waals surface area contributed by atoms with Crippen molar-refractivity contribution in [3.63, 3.8) is 0 Å². The molecule has 2 aromatic carbocycles. The number of nitrogens with one attached hydrogen (secondary N) is 3. The van der Waals surface area contributed by atoms with Crippen molar-refractivity contribution in [1.82, 2.24) is 20.6 Å². The summed E-state index contributed by atoms with van der Waals surface area (Å²) < 4.78 is 0. The first-order valence-corrected chi connectivity index (χ1v) is 14.1. The molecule has 0 bridgehead atoms. The van der Waals surface area contributed by atoms with Gasteiger partial charge in [0.15, 0.2) is 0 Å². The lowest BCUT2D eigenvalue weighted by Crippen LogP contribution is -2.60. The molecule has 9 heteroatoms. The lowest BCUT2D eigenvalue weighted by Gasteiger charge is -2.38. The van der Waals surface area contributed by atoms with Crippen LogP contribution in [0.3, 0.4) is 0 Å². The van der Waals surface area contributed by atoms with Crippen LogP contribution in [0.4, 0.5) is 5.69 Å². The Balaban J connectivity index is 1.41. The molecule has 0 aliphatic heterocycles. The number of nitro groups is 1. The predicted molar refractivity (Wildman–Crippen MR) is 157 cm³/mol. The Kier molecular flexibility index (Phi) is 8.14. The third-order valence-electron chi connectivity index (χ3n) is 8.28. The number of carbonyl (C=O) groups is 2. The van der Waals surface area contributed by atoms with Gasteiger partial charge in [-0.05, 0) is 43.5 Å². The molecule has 1 aliphatic carbocycles. The Morgan fingerprint density at radius 1 is 1.00 bits per heavy atom. The molecular weight excluding hydrogens is 518 g/mol. The molecule has 0 radical (unpaired) electrons. The van der Waals surface area contributed by atoms with Gasteiger partial charge < -0.3 is 15.6 Å². The second kappa shape index (κ2) is 11.9. The molecule has 0 unspecified atom stereocenters.